The lowest BCUT2D eigenvalue weighted by molar-refractivity contribution is 0.463. The number of hydrogen-bond donors (Lipinski definition) is 1. The summed E-state index contributed by atoms with van der Waals surface area (Å²) in [5.41, 5.74) is 1.15. The molecule has 2 aromatic rings. The molecule has 2 rings (SSSR count). The first-order chi connectivity index (χ1) is 11.4. The van der Waals surface area contributed by atoms with E-state index in [0.717, 1.165) is 5.69 Å². The summed E-state index contributed by atoms with van der Waals surface area (Å²) in [5, 5.41) is 3.11. The molecule has 1 aromatic carbocycles. The van der Waals surface area contributed by atoms with Crippen molar-refractivity contribution >= 4 is 15.8 Å². The molecule has 1 aromatic heterocycles. The van der Waals surface area contributed by atoms with Crippen LogP contribution in [-0.2, 0) is 23.4 Å². The van der Waals surface area contributed by atoms with Gasteiger partial charge in [-0.3, -0.25) is 4.99 Å². The molecule has 0 aliphatic carbocycles. The molecule has 0 saturated heterocycles. The Bertz CT molecular complexity index is 782. The molecule has 7 heteroatoms. The predicted octanol–water partition coefficient (Wildman–Crippen LogP) is 1.51. The van der Waals surface area contributed by atoms with E-state index in [1.54, 1.807) is 37.4 Å². The van der Waals surface area contributed by atoms with Crippen molar-refractivity contribution in [2.24, 2.45) is 12.0 Å². The summed E-state index contributed by atoms with van der Waals surface area (Å²) < 4.78 is 26.6. The minimum Gasteiger partial charge on any atom is -0.355 e. The van der Waals surface area contributed by atoms with Gasteiger partial charge in [-0.1, -0.05) is 18.2 Å². The number of aryl methyl sites for hydroxylation is 1. The van der Waals surface area contributed by atoms with Gasteiger partial charge in [0.05, 0.1) is 17.2 Å². The van der Waals surface area contributed by atoms with Crippen LogP contribution in [0, 0.1) is 0 Å². The summed E-state index contributed by atoms with van der Waals surface area (Å²) >= 11 is 0. The summed E-state index contributed by atoms with van der Waals surface area (Å²) in [6.45, 7) is 0.996. The lowest BCUT2D eigenvalue weighted by Gasteiger charge is -2.22. The molecule has 0 amide bonds. The van der Waals surface area contributed by atoms with E-state index in [1.165, 1.54) is 0 Å². The van der Waals surface area contributed by atoms with Crippen LogP contribution in [0.2, 0.25) is 0 Å². The smallest absolute Gasteiger partial charge is 0.193 e. The van der Waals surface area contributed by atoms with E-state index < -0.39 is 9.84 Å². The quantitative estimate of drug-likeness (QED) is 0.635. The minimum atomic E-state index is -3.29. The zero-order chi connectivity index (χ0) is 17.6. The molecular formula is C17H24N4O2S. The maximum atomic E-state index is 12.3. The van der Waals surface area contributed by atoms with Crippen molar-refractivity contribution < 1.29 is 8.42 Å². The first kappa shape index (κ1) is 18.1. The third kappa shape index (κ3) is 4.61. The SMILES string of the molecule is CN=C(NCCS(=O)(=O)c1ccccc1)N(C)Cc1cccn1C. The Morgan fingerprint density at radius 1 is 1.21 bits per heavy atom. The fourth-order valence-corrected chi connectivity index (χ4v) is 3.58. The van der Waals surface area contributed by atoms with Gasteiger partial charge in [0, 0.05) is 39.6 Å². The fourth-order valence-electron chi connectivity index (χ4n) is 2.41. The molecule has 0 fully saturated rings. The van der Waals surface area contributed by atoms with Crippen molar-refractivity contribution in [1.29, 1.82) is 0 Å². The van der Waals surface area contributed by atoms with Gasteiger partial charge in [-0.15, -0.1) is 0 Å². The summed E-state index contributed by atoms with van der Waals surface area (Å²) in [7, 11) is 2.32. The van der Waals surface area contributed by atoms with Crippen LogP contribution in [0.1, 0.15) is 5.69 Å². The second kappa shape index (κ2) is 8.01. The Morgan fingerprint density at radius 2 is 1.92 bits per heavy atom. The third-order valence-electron chi connectivity index (χ3n) is 3.78. The minimum absolute atomic E-state index is 0.0219. The van der Waals surface area contributed by atoms with Crippen molar-refractivity contribution in [2.75, 3.05) is 26.4 Å². The largest absolute Gasteiger partial charge is 0.355 e. The zero-order valence-corrected chi connectivity index (χ0v) is 15.1. The van der Waals surface area contributed by atoms with Crippen molar-refractivity contribution in [1.82, 2.24) is 14.8 Å². The topological polar surface area (TPSA) is 66.7 Å². The summed E-state index contributed by atoms with van der Waals surface area (Å²) in [5.74, 6) is 0.688. The van der Waals surface area contributed by atoms with E-state index in [0.29, 0.717) is 23.9 Å². The van der Waals surface area contributed by atoms with Crippen LogP contribution in [0.25, 0.3) is 0 Å². The Balaban J connectivity index is 1.91. The lowest BCUT2D eigenvalue weighted by Crippen LogP contribution is -2.40. The van der Waals surface area contributed by atoms with Gasteiger partial charge in [0.1, 0.15) is 0 Å². The molecular weight excluding hydrogens is 324 g/mol. The number of guanidine groups is 1. The number of benzene rings is 1. The van der Waals surface area contributed by atoms with Crippen LogP contribution in [0.3, 0.4) is 0 Å². The number of hydrogen-bond acceptors (Lipinski definition) is 3. The highest BCUT2D eigenvalue weighted by Crippen LogP contribution is 2.09. The van der Waals surface area contributed by atoms with Crippen molar-refractivity contribution in [2.45, 2.75) is 11.4 Å². The maximum absolute atomic E-state index is 12.3. The van der Waals surface area contributed by atoms with Crippen molar-refractivity contribution in [3.05, 3.63) is 54.4 Å². The number of aromatic nitrogens is 1. The average molecular weight is 348 g/mol. The van der Waals surface area contributed by atoms with Crippen LogP contribution in [0.4, 0.5) is 0 Å². The zero-order valence-electron chi connectivity index (χ0n) is 14.3. The van der Waals surface area contributed by atoms with Gasteiger partial charge in [0.25, 0.3) is 0 Å². The van der Waals surface area contributed by atoms with Crippen molar-refractivity contribution in [3.63, 3.8) is 0 Å². The summed E-state index contributed by atoms with van der Waals surface area (Å²) in [4.78, 5) is 6.53. The molecule has 24 heavy (non-hydrogen) atoms. The fraction of sp³-hybridized carbons (Fsp3) is 0.353. The first-order valence-electron chi connectivity index (χ1n) is 7.74. The highest BCUT2D eigenvalue weighted by atomic mass is 32.2. The van der Waals surface area contributed by atoms with Crippen LogP contribution in [0.5, 0.6) is 0 Å². The molecule has 0 aliphatic rings. The summed E-state index contributed by atoms with van der Waals surface area (Å²) in [6, 6.07) is 12.5. The van der Waals surface area contributed by atoms with E-state index in [9.17, 15) is 8.42 Å². The van der Waals surface area contributed by atoms with E-state index in [1.807, 2.05) is 41.9 Å². The lowest BCUT2D eigenvalue weighted by atomic mass is 10.4. The predicted molar refractivity (Wildman–Crippen MR) is 96.7 cm³/mol. The second-order valence-electron chi connectivity index (χ2n) is 5.57. The molecule has 0 unspecified atom stereocenters. The third-order valence-corrected chi connectivity index (χ3v) is 5.51. The van der Waals surface area contributed by atoms with Gasteiger partial charge in [-0.05, 0) is 24.3 Å². The molecule has 6 nitrogen and oxygen atoms in total. The van der Waals surface area contributed by atoms with Gasteiger partial charge >= 0.3 is 0 Å². The molecule has 0 aliphatic heterocycles. The number of nitrogens with zero attached hydrogens (tertiary/aromatic N) is 3. The van der Waals surface area contributed by atoms with Crippen LogP contribution >= 0.6 is 0 Å². The van der Waals surface area contributed by atoms with Crippen molar-refractivity contribution in [3.8, 4) is 0 Å². The van der Waals surface area contributed by atoms with E-state index in [-0.39, 0.29) is 5.75 Å². The van der Waals surface area contributed by atoms with Gasteiger partial charge < -0.3 is 14.8 Å². The van der Waals surface area contributed by atoms with Gasteiger partial charge in [-0.2, -0.15) is 0 Å². The van der Waals surface area contributed by atoms with Gasteiger partial charge in [0.2, 0.25) is 0 Å². The van der Waals surface area contributed by atoms with Crippen LogP contribution in [0.15, 0.2) is 58.5 Å². The standard InChI is InChI=1S/C17H24N4O2S/c1-18-17(21(3)14-15-8-7-12-20(15)2)19-11-13-24(22,23)16-9-5-4-6-10-16/h4-10,12H,11,13-14H2,1-3H3,(H,18,19). The normalized spacial score (nSPS) is 12.2. The maximum Gasteiger partial charge on any atom is 0.193 e. The number of nitrogens with one attached hydrogen (secondary N) is 1. The molecule has 0 radical (unpaired) electrons. The Labute approximate surface area is 143 Å². The number of sulfone groups is 1. The second-order valence-corrected chi connectivity index (χ2v) is 7.68. The van der Waals surface area contributed by atoms with E-state index >= 15 is 0 Å². The Morgan fingerprint density at radius 3 is 2.50 bits per heavy atom. The number of rotatable bonds is 6. The van der Waals surface area contributed by atoms with Crippen LogP contribution < -0.4 is 5.32 Å². The van der Waals surface area contributed by atoms with Crippen LogP contribution in [-0.4, -0.2) is 50.2 Å². The van der Waals surface area contributed by atoms with Gasteiger partial charge in [-0.25, -0.2) is 8.42 Å². The molecule has 1 N–H and O–H groups in total. The highest BCUT2D eigenvalue weighted by Gasteiger charge is 2.14. The average Bonchev–Trinajstić information content (AvgIpc) is 2.97. The summed E-state index contributed by atoms with van der Waals surface area (Å²) in [6.07, 6.45) is 1.99. The molecule has 1 heterocycles. The van der Waals surface area contributed by atoms with Gasteiger partial charge in [0.15, 0.2) is 15.8 Å². The Kier molecular flexibility index (Phi) is 6.03. The highest BCUT2D eigenvalue weighted by molar-refractivity contribution is 7.91. The molecule has 0 bridgehead atoms. The number of aliphatic imine (C=N–C) groups is 1. The Hall–Kier alpha value is -2.28. The molecule has 0 atom stereocenters. The van der Waals surface area contributed by atoms with E-state index in [2.05, 4.69) is 10.3 Å². The molecule has 0 spiro atoms. The monoisotopic (exact) mass is 348 g/mol. The molecule has 130 valence electrons. The first-order valence-corrected chi connectivity index (χ1v) is 9.39. The molecule has 0 saturated carbocycles. The van der Waals surface area contributed by atoms with E-state index in [4.69, 9.17) is 0 Å².